The molecule has 2 aromatic heterocycles. The number of nitrogen functional groups attached to an aromatic ring is 1. The van der Waals surface area contributed by atoms with Gasteiger partial charge in [0, 0.05) is 10.6 Å². The summed E-state index contributed by atoms with van der Waals surface area (Å²) in [7, 11) is 1.64. The summed E-state index contributed by atoms with van der Waals surface area (Å²) >= 11 is 3.15. The molecule has 1 aromatic carbocycles. The second kappa shape index (κ2) is 9.30. The number of ether oxygens (including phenoxy) is 2. The van der Waals surface area contributed by atoms with E-state index in [0.717, 1.165) is 34.4 Å². The number of anilines is 1. The largest absolute Gasteiger partial charge is 0.497 e. The lowest BCUT2D eigenvalue weighted by molar-refractivity contribution is 0.0397. The summed E-state index contributed by atoms with van der Waals surface area (Å²) in [6.45, 7) is 0.700. The van der Waals surface area contributed by atoms with E-state index in [1.807, 2.05) is 24.3 Å². The van der Waals surface area contributed by atoms with E-state index in [1.165, 1.54) is 35.0 Å². The fourth-order valence-corrected chi connectivity index (χ4v) is 5.57. The van der Waals surface area contributed by atoms with Crippen LogP contribution in [0.3, 0.4) is 0 Å². The Labute approximate surface area is 178 Å². The molecule has 2 heterocycles. The van der Waals surface area contributed by atoms with Crippen molar-refractivity contribution in [1.29, 1.82) is 0 Å². The summed E-state index contributed by atoms with van der Waals surface area (Å²) in [5.74, 6) is 1.83. The van der Waals surface area contributed by atoms with Crippen molar-refractivity contribution in [2.75, 3.05) is 25.2 Å². The first kappa shape index (κ1) is 20.4. The molecule has 3 aromatic rings. The van der Waals surface area contributed by atoms with E-state index in [2.05, 4.69) is 9.97 Å². The Kier molecular flexibility index (Phi) is 6.54. The van der Waals surface area contributed by atoms with Gasteiger partial charge in [0.05, 0.1) is 31.8 Å². The first-order chi connectivity index (χ1) is 14.1. The van der Waals surface area contributed by atoms with Crippen LogP contribution in [-0.2, 0) is 24.2 Å². The number of hydrogen-bond donors (Lipinski definition) is 2. The molecular formula is C21H25N3O3S2. The van der Waals surface area contributed by atoms with Crippen LogP contribution in [0.4, 0.5) is 5.82 Å². The van der Waals surface area contributed by atoms with Crippen molar-refractivity contribution in [3.05, 3.63) is 40.3 Å². The molecule has 0 fully saturated rings. The molecule has 1 aliphatic carbocycles. The average Bonchev–Trinajstić information content (AvgIpc) is 3.11. The maximum absolute atomic E-state index is 10.2. The van der Waals surface area contributed by atoms with Crippen LogP contribution in [0, 0.1) is 0 Å². The second-order valence-electron chi connectivity index (χ2n) is 7.11. The lowest BCUT2D eigenvalue weighted by Gasteiger charge is -2.12. The van der Waals surface area contributed by atoms with E-state index in [4.69, 9.17) is 15.2 Å². The first-order valence-corrected chi connectivity index (χ1v) is 11.5. The number of hydrogen-bond acceptors (Lipinski definition) is 8. The zero-order valence-corrected chi connectivity index (χ0v) is 18.0. The SMILES string of the molecule is COc1ccc(COCC(O)CSc2nc(N)c3c4c(sc3n2)CCCC4)cc1. The lowest BCUT2D eigenvalue weighted by atomic mass is 9.97. The van der Waals surface area contributed by atoms with Crippen LogP contribution in [0.2, 0.25) is 0 Å². The number of thiophene rings is 1. The van der Waals surface area contributed by atoms with Gasteiger partial charge in [-0.2, -0.15) is 0 Å². The monoisotopic (exact) mass is 431 g/mol. The molecule has 0 bridgehead atoms. The molecule has 8 heteroatoms. The van der Waals surface area contributed by atoms with E-state index in [0.29, 0.717) is 23.3 Å². The number of thioether (sulfide) groups is 1. The van der Waals surface area contributed by atoms with Gasteiger partial charge in [0.2, 0.25) is 0 Å². The highest BCUT2D eigenvalue weighted by Crippen LogP contribution is 2.38. The predicted octanol–water partition coefficient (Wildman–Crippen LogP) is 3.83. The number of benzene rings is 1. The van der Waals surface area contributed by atoms with E-state index in [1.54, 1.807) is 18.4 Å². The van der Waals surface area contributed by atoms with Crippen molar-refractivity contribution < 1.29 is 14.6 Å². The number of rotatable bonds is 8. The van der Waals surface area contributed by atoms with Gasteiger partial charge in [0.1, 0.15) is 16.4 Å². The summed E-state index contributed by atoms with van der Waals surface area (Å²) in [5, 5.41) is 11.9. The van der Waals surface area contributed by atoms with E-state index < -0.39 is 6.10 Å². The first-order valence-electron chi connectivity index (χ1n) is 9.73. The van der Waals surface area contributed by atoms with Crippen molar-refractivity contribution in [3.63, 3.8) is 0 Å². The van der Waals surface area contributed by atoms with Gasteiger partial charge < -0.3 is 20.3 Å². The molecule has 0 saturated heterocycles. The number of methoxy groups -OCH3 is 1. The highest BCUT2D eigenvalue weighted by molar-refractivity contribution is 7.99. The number of aryl methyl sites for hydroxylation is 2. The standard InChI is InChI=1S/C21H25N3O3S2/c1-26-15-8-6-13(7-9-15)10-27-11-14(25)12-28-21-23-19(22)18-16-4-2-3-5-17(16)29-20(18)24-21/h6-9,14,25H,2-5,10-12H2,1H3,(H2,22,23,24). The molecule has 0 radical (unpaired) electrons. The van der Waals surface area contributed by atoms with Crippen molar-refractivity contribution in [2.45, 2.75) is 43.6 Å². The summed E-state index contributed by atoms with van der Waals surface area (Å²) in [6.07, 6.45) is 4.02. The van der Waals surface area contributed by atoms with Crippen LogP contribution in [0.5, 0.6) is 5.75 Å². The molecule has 0 amide bonds. The minimum Gasteiger partial charge on any atom is -0.497 e. The number of nitrogens with two attached hydrogens (primary N) is 1. The van der Waals surface area contributed by atoms with Crippen LogP contribution in [0.15, 0.2) is 29.4 Å². The quantitative estimate of drug-likeness (QED) is 0.414. The summed E-state index contributed by atoms with van der Waals surface area (Å²) in [5.41, 5.74) is 8.62. The van der Waals surface area contributed by atoms with Gasteiger partial charge in [-0.05, 0) is 48.9 Å². The fourth-order valence-electron chi connectivity index (χ4n) is 3.48. The molecule has 1 atom stereocenters. The third-order valence-electron chi connectivity index (χ3n) is 4.96. The number of nitrogens with zero attached hydrogens (tertiary/aromatic N) is 2. The van der Waals surface area contributed by atoms with Crippen LogP contribution in [0.1, 0.15) is 28.8 Å². The molecule has 6 nitrogen and oxygen atoms in total. The minimum atomic E-state index is -0.602. The summed E-state index contributed by atoms with van der Waals surface area (Å²) < 4.78 is 10.8. The van der Waals surface area contributed by atoms with E-state index in [-0.39, 0.29) is 6.61 Å². The van der Waals surface area contributed by atoms with Gasteiger partial charge in [-0.25, -0.2) is 9.97 Å². The van der Waals surface area contributed by atoms with Crippen LogP contribution in [0.25, 0.3) is 10.2 Å². The molecule has 0 spiro atoms. The van der Waals surface area contributed by atoms with Gasteiger partial charge in [-0.15, -0.1) is 11.3 Å². The van der Waals surface area contributed by atoms with Gasteiger partial charge in [-0.1, -0.05) is 23.9 Å². The molecule has 0 aliphatic heterocycles. The molecule has 29 heavy (non-hydrogen) atoms. The van der Waals surface area contributed by atoms with E-state index >= 15 is 0 Å². The van der Waals surface area contributed by atoms with Crippen molar-refractivity contribution >= 4 is 39.1 Å². The lowest BCUT2D eigenvalue weighted by Crippen LogP contribution is -2.18. The zero-order chi connectivity index (χ0) is 20.2. The molecule has 0 saturated carbocycles. The maximum atomic E-state index is 10.2. The Morgan fingerprint density at radius 2 is 2.00 bits per heavy atom. The minimum absolute atomic E-state index is 0.254. The van der Waals surface area contributed by atoms with Crippen LogP contribution < -0.4 is 10.5 Å². The molecule has 1 aliphatic rings. The topological polar surface area (TPSA) is 90.5 Å². The molecule has 1 unspecified atom stereocenters. The number of aliphatic hydroxyl groups excluding tert-OH is 1. The van der Waals surface area contributed by atoms with Crippen LogP contribution in [-0.4, -0.2) is 40.6 Å². The Morgan fingerprint density at radius 1 is 1.21 bits per heavy atom. The predicted molar refractivity (Wildman–Crippen MR) is 118 cm³/mol. The maximum Gasteiger partial charge on any atom is 0.190 e. The van der Waals surface area contributed by atoms with E-state index in [9.17, 15) is 5.11 Å². The van der Waals surface area contributed by atoms with Crippen molar-refractivity contribution in [3.8, 4) is 5.75 Å². The smallest absolute Gasteiger partial charge is 0.190 e. The number of fused-ring (bicyclic) bond motifs is 3. The van der Waals surface area contributed by atoms with Gasteiger partial charge >= 0.3 is 0 Å². The van der Waals surface area contributed by atoms with Gasteiger partial charge in [-0.3, -0.25) is 0 Å². The molecular weight excluding hydrogens is 406 g/mol. The Balaban J connectivity index is 1.30. The third-order valence-corrected chi connectivity index (χ3v) is 7.14. The second-order valence-corrected chi connectivity index (χ2v) is 9.18. The van der Waals surface area contributed by atoms with Gasteiger partial charge in [0.15, 0.2) is 5.16 Å². The van der Waals surface area contributed by atoms with Gasteiger partial charge in [0.25, 0.3) is 0 Å². The highest BCUT2D eigenvalue weighted by Gasteiger charge is 2.20. The number of aromatic nitrogens is 2. The van der Waals surface area contributed by atoms with Crippen LogP contribution >= 0.6 is 23.1 Å². The average molecular weight is 432 g/mol. The molecule has 154 valence electrons. The summed E-state index contributed by atoms with van der Waals surface area (Å²) in [6, 6.07) is 7.69. The zero-order valence-electron chi connectivity index (χ0n) is 16.4. The highest BCUT2D eigenvalue weighted by atomic mass is 32.2. The molecule has 3 N–H and O–H groups in total. The Morgan fingerprint density at radius 3 is 2.79 bits per heavy atom. The molecule has 4 rings (SSSR count). The normalized spacial score (nSPS) is 14.7. The fraction of sp³-hybridized carbons (Fsp3) is 0.429. The summed E-state index contributed by atoms with van der Waals surface area (Å²) in [4.78, 5) is 11.5. The van der Waals surface area contributed by atoms with Crippen molar-refractivity contribution in [2.24, 2.45) is 0 Å². The van der Waals surface area contributed by atoms with Crippen molar-refractivity contribution in [1.82, 2.24) is 9.97 Å². The Bertz CT molecular complexity index is 975. The number of aliphatic hydroxyl groups is 1. The third kappa shape index (κ3) is 4.83. The Hall–Kier alpha value is -1.87.